The first-order valence-electron chi connectivity index (χ1n) is 11.2. The lowest BCUT2D eigenvalue weighted by Crippen LogP contribution is -2.11. The summed E-state index contributed by atoms with van der Waals surface area (Å²) in [6.07, 6.45) is -0.353. The number of nitrogens with one attached hydrogen (secondary N) is 1. The Morgan fingerprint density at radius 1 is 1.03 bits per heavy atom. The highest BCUT2D eigenvalue weighted by Crippen LogP contribution is 2.32. The van der Waals surface area contributed by atoms with Crippen LogP contribution in [0.1, 0.15) is 56.4 Å². The molecule has 0 aliphatic heterocycles. The Morgan fingerprint density at radius 2 is 1.77 bits per heavy atom. The van der Waals surface area contributed by atoms with Crippen LogP contribution in [0.25, 0.3) is 6.08 Å². The number of nitrogens with zero attached hydrogens (tertiary/aromatic N) is 1. The zero-order chi connectivity index (χ0) is 25.3. The van der Waals surface area contributed by atoms with Crippen LogP contribution in [-0.2, 0) is 30.4 Å². The number of ketones is 2. The van der Waals surface area contributed by atoms with Crippen LogP contribution < -0.4 is 5.32 Å². The molecule has 0 unspecified atom stereocenters. The Hall–Kier alpha value is -3.74. The highest BCUT2D eigenvalue weighted by Gasteiger charge is 2.33. The molecular formula is C28H25F3N2O2. The lowest BCUT2D eigenvalue weighted by Gasteiger charge is -2.13. The quantitative estimate of drug-likeness (QED) is 0.406. The summed E-state index contributed by atoms with van der Waals surface area (Å²) in [4.78, 5) is 28.8. The zero-order valence-electron chi connectivity index (χ0n) is 19.7. The fraction of sp³-hybridized carbons (Fsp3) is 0.250. The number of pyridine rings is 1. The largest absolute Gasteiger partial charge is 0.416 e. The van der Waals surface area contributed by atoms with Gasteiger partial charge in [0, 0.05) is 30.5 Å². The minimum Gasteiger partial charge on any atom is -0.380 e. The Labute approximate surface area is 201 Å². The molecule has 1 aliphatic carbocycles. The fourth-order valence-corrected chi connectivity index (χ4v) is 4.14. The maximum atomic E-state index is 13.2. The third kappa shape index (κ3) is 5.50. The van der Waals surface area contributed by atoms with E-state index in [1.165, 1.54) is 19.1 Å². The predicted octanol–water partition coefficient (Wildman–Crippen LogP) is 6.28. The number of allylic oxidation sites excluding steroid dienone is 1. The van der Waals surface area contributed by atoms with Crippen LogP contribution in [0.3, 0.4) is 0 Å². The van der Waals surface area contributed by atoms with Crippen LogP contribution >= 0.6 is 0 Å². The maximum absolute atomic E-state index is 13.2. The molecule has 1 heterocycles. The summed E-state index contributed by atoms with van der Waals surface area (Å²) >= 11 is 0. The van der Waals surface area contributed by atoms with Gasteiger partial charge in [0.25, 0.3) is 0 Å². The second-order valence-corrected chi connectivity index (χ2v) is 8.90. The van der Waals surface area contributed by atoms with E-state index < -0.39 is 11.7 Å². The SMILES string of the molecule is CC(=O)C1=Cc2cc(NCc3cc(CC(=O)c4ccc(C)c(C(F)(F)F)c4)ccc3C)cnc2C1. The van der Waals surface area contributed by atoms with Crippen molar-refractivity contribution in [2.75, 3.05) is 5.32 Å². The van der Waals surface area contributed by atoms with Crippen molar-refractivity contribution in [3.05, 3.63) is 98.9 Å². The molecule has 1 aliphatic rings. The van der Waals surface area contributed by atoms with Gasteiger partial charge in [0.15, 0.2) is 11.6 Å². The van der Waals surface area contributed by atoms with E-state index in [2.05, 4.69) is 10.3 Å². The Bertz CT molecular complexity index is 1360. The molecule has 2 aromatic carbocycles. The topological polar surface area (TPSA) is 59.1 Å². The molecule has 35 heavy (non-hydrogen) atoms. The normalized spacial score (nSPS) is 12.8. The van der Waals surface area contributed by atoms with Gasteiger partial charge in [0.1, 0.15) is 0 Å². The summed E-state index contributed by atoms with van der Waals surface area (Å²) in [6, 6.07) is 11.3. The molecule has 1 aromatic heterocycles. The number of carbonyl (C=O) groups excluding carboxylic acids is 2. The first-order valence-corrected chi connectivity index (χ1v) is 11.2. The van der Waals surface area contributed by atoms with Crippen molar-refractivity contribution in [3.63, 3.8) is 0 Å². The first-order chi connectivity index (χ1) is 16.5. The lowest BCUT2D eigenvalue weighted by atomic mass is 9.96. The number of halogens is 3. The average molecular weight is 479 g/mol. The lowest BCUT2D eigenvalue weighted by molar-refractivity contribution is -0.138. The summed E-state index contributed by atoms with van der Waals surface area (Å²) in [6.45, 7) is 5.37. The van der Waals surface area contributed by atoms with Crippen molar-refractivity contribution < 1.29 is 22.8 Å². The highest BCUT2D eigenvalue weighted by atomic mass is 19.4. The van der Waals surface area contributed by atoms with Gasteiger partial charge >= 0.3 is 6.18 Å². The number of anilines is 1. The predicted molar refractivity (Wildman–Crippen MR) is 129 cm³/mol. The Balaban J connectivity index is 1.47. The molecule has 0 bridgehead atoms. The highest BCUT2D eigenvalue weighted by molar-refractivity contribution is 6.00. The summed E-state index contributed by atoms with van der Waals surface area (Å²) in [7, 11) is 0. The van der Waals surface area contributed by atoms with Crippen molar-refractivity contribution in [2.24, 2.45) is 0 Å². The third-order valence-corrected chi connectivity index (χ3v) is 6.27. The number of carbonyl (C=O) groups is 2. The number of aryl methyl sites for hydroxylation is 2. The number of hydrogen-bond donors (Lipinski definition) is 1. The van der Waals surface area contributed by atoms with E-state index >= 15 is 0 Å². The van der Waals surface area contributed by atoms with E-state index in [0.717, 1.165) is 45.3 Å². The van der Waals surface area contributed by atoms with Crippen LogP contribution in [0.2, 0.25) is 0 Å². The molecule has 4 rings (SSSR count). The summed E-state index contributed by atoms with van der Waals surface area (Å²) in [5, 5.41) is 3.33. The van der Waals surface area contributed by atoms with E-state index in [4.69, 9.17) is 0 Å². The molecule has 7 heteroatoms. The number of fused-ring (bicyclic) bond motifs is 1. The third-order valence-electron chi connectivity index (χ3n) is 6.27. The first kappa shape index (κ1) is 24.4. The zero-order valence-corrected chi connectivity index (χ0v) is 19.7. The van der Waals surface area contributed by atoms with Crippen molar-refractivity contribution in [2.45, 2.75) is 46.3 Å². The van der Waals surface area contributed by atoms with E-state index in [1.807, 2.05) is 37.3 Å². The van der Waals surface area contributed by atoms with Crippen LogP contribution in [0.4, 0.5) is 18.9 Å². The van der Waals surface area contributed by atoms with Crippen molar-refractivity contribution in [3.8, 4) is 0 Å². The number of rotatable bonds is 7. The van der Waals surface area contributed by atoms with E-state index in [1.54, 1.807) is 13.1 Å². The number of alkyl halides is 3. The fourth-order valence-electron chi connectivity index (χ4n) is 4.14. The van der Waals surface area contributed by atoms with Crippen LogP contribution in [0, 0.1) is 13.8 Å². The van der Waals surface area contributed by atoms with Crippen LogP contribution in [0.5, 0.6) is 0 Å². The van der Waals surface area contributed by atoms with Gasteiger partial charge in [0.05, 0.1) is 23.1 Å². The maximum Gasteiger partial charge on any atom is 0.416 e. The van der Waals surface area contributed by atoms with Gasteiger partial charge in [-0.1, -0.05) is 30.3 Å². The number of benzene rings is 2. The van der Waals surface area contributed by atoms with Gasteiger partial charge in [-0.3, -0.25) is 14.6 Å². The van der Waals surface area contributed by atoms with Gasteiger partial charge < -0.3 is 5.32 Å². The Morgan fingerprint density at radius 3 is 2.49 bits per heavy atom. The monoisotopic (exact) mass is 478 g/mol. The summed E-state index contributed by atoms with van der Waals surface area (Å²) in [5.41, 5.74) is 5.43. The van der Waals surface area contributed by atoms with Gasteiger partial charge in [0.2, 0.25) is 0 Å². The molecule has 0 saturated carbocycles. The molecule has 4 nitrogen and oxygen atoms in total. The number of Topliss-reactive ketones (excluding diaryl/α,β-unsaturated/α-hetero) is 2. The molecule has 1 N–H and O–H groups in total. The van der Waals surface area contributed by atoms with Gasteiger partial charge in [-0.25, -0.2) is 0 Å². The second kappa shape index (κ2) is 9.49. The average Bonchev–Trinajstić information content (AvgIpc) is 3.23. The second-order valence-electron chi connectivity index (χ2n) is 8.90. The molecule has 0 saturated heterocycles. The van der Waals surface area contributed by atoms with Gasteiger partial charge in [-0.15, -0.1) is 0 Å². The molecule has 0 atom stereocenters. The summed E-state index contributed by atoms with van der Waals surface area (Å²) in [5.74, 6) is -0.325. The van der Waals surface area contributed by atoms with E-state index in [-0.39, 0.29) is 29.1 Å². The van der Waals surface area contributed by atoms with Crippen molar-refractivity contribution in [1.29, 1.82) is 0 Å². The molecule has 3 aromatic rings. The molecule has 0 spiro atoms. The molecular weight excluding hydrogens is 453 g/mol. The minimum atomic E-state index is -4.50. The smallest absolute Gasteiger partial charge is 0.380 e. The molecule has 180 valence electrons. The van der Waals surface area contributed by atoms with Crippen LogP contribution in [0.15, 0.2) is 54.2 Å². The number of aromatic nitrogens is 1. The minimum absolute atomic E-state index is 0.00660. The van der Waals surface area contributed by atoms with Crippen molar-refractivity contribution >= 4 is 23.3 Å². The summed E-state index contributed by atoms with van der Waals surface area (Å²) < 4.78 is 39.7. The standard InChI is InChI=1S/C28H25F3N2O2/c1-16-4-6-19(9-27(35)20-7-5-17(2)25(12-20)28(29,30)31)8-23(16)14-32-24-11-22-10-21(18(3)34)13-26(22)33-15-24/h4-8,10-12,15,32H,9,13-14H2,1-3H3. The van der Waals surface area contributed by atoms with Gasteiger partial charge in [-0.2, -0.15) is 13.2 Å². The van der Waals surface area contributed by atoms with E-state index in [9.17, 15) is 22.8 Å². The molecule has 0 fully saturated rings. The Kier molecular flexibility index (Phi) is 6.61. The molecule has 0 radical (unpaired) electrons. The number of hydrogen-bond acceptors (Lipinski definition) is 4. The van der Waals surface area contributed by atoms with Crippen molar-refractivity contribution in [1.82, 2.24) is 4.98 Å². The van der Waals surface area contributed by atoms with Gasteiger partial charge in [-0.05, 0) is 66.8 Å². The van der Waals surface area contributed by atoms with E-state index in [0.29, 0.717) is 13.0 Å². The molecule has 0 amide bonds. The van der Waals surface area contributed by atoms with Crippen LogP contribution in [-0.4, -0.2) is 16.6 Å².